The van der Waals surface area contributed by atoms with Gasteiger partial charge in [0.2, 0.25) is 0 Å². The van der Waals surface area contributed by atoms with E-state index >= 15 is 0 Å². The fourth-order valence-electron chi connectivity index (χ4n) is 2.68. The summed E-state index contributed by atoms with van der Waals surface area (Å²) in [5, 5.41) is 6.00. The molecule has 1 fully saturated rings. The first-order valence-corrected chi connectivity index (χ1v) is 8.09. The summed E-state index contributed by atoms with van der Waals surface area (Å²) in [4.78, 5) is 12.1. The van der Waals surface area contributed by atoms with Crippen molar-refractivity contribution in [2.45, 2.75) is 57.9 Å². The van der Waals surface area contributed by atoms with E-state index in [0.29, 0.717) is 12.6 Å². The second-order valence-electron chi connectivity index (χ2n) is 5.63. The minimum Gasteiger partial charge on any atom is -0.491 e. The molecule has 0 radical (unpaired) electrons. The molecule has 0 unspecified atom stereocenters. The number of carbonyl (C=O) groups is 1. The van der Waals surface area contributed by atoms with Crippen LogP contribution in [0.1, 0.15) is 51.9 Å². The van der Waals surface area contributed by atoms with Crippen molar-refractivity contribution in [3.63, 3.8) is 0 Å². The number of nitrogens with one attached hydrogen (secondary N) is 2. The van der Waals surface area contributed by atoms with Crippen LogP contribution in [0.5, 0.6) is 5.75 Å². The van der Waals surface area contributed by atoms with Crippen LogP contribution < -0.4 is 15.4 Å². The second kappa shape index (κ2) is 8.55. The van der Waals surface area contributed by atoms with Crippen molar-refractivity contribution in [1.82, 2.24) is 5.32 Å². The van der Waals surface area contributed by atoms with Gasteiger partial charge in [-0.3, -0.25) is 0 Å². The van der Waals surface area contributed by atoms with Gasteiger partial charge in [-0.25, -0.2) is 4.79 Å². The number of rotatable bonds is 5. The van der Waals surface area contributed by atoms with Crippen molar-refractivity contribution in [2.24, 2.45) is 0 Å². The Morgan fingerprint density at radius 2 is 1.90 bits per heavy atom. The molecule has 0 bridgehead atoms. The van der Waals surface area contributed by atoms with Gasteiger partial charge in [0, 0.05) is 6.04 Å². The maximum Gasteiger partial charge on any atom is 0.319 e. The molecule has 4 heteroatoms. The van der Waals surface area contributed by atoms with E-state index in [4.69, 9.17) is 4.74 Å². The van der Waals surface area contributed by atoms with Crippen molar-refractivity contribution in [3.8, 4) is 5.75 Å². The number of hydrogen-bond donors (Lipinski definition) is 2. The molecule has 2 N–H and O–H groups in total. The van der Waals surface area contributed by atoms with E-state index in [1.54, 1.807) is 0 Å². The summed E-state index contributed by atoms with van der Waals surface area (Å²) in [7, 11) is 0. The van der Waals surface area contributed by atoms with Crippen LogP contribution in [0.15, 0.2) is 24.3 Å². The Bertz CT molecular complexity index is 440. The van der Waals surface area contributed by atoms with Crippen molar-refractivity contribution in [3.05, 3.63) is 24.3 Å². The van der Waals surface area contributed by atoms with E-state index in [1.165, 1.54) is 25.7 Å². The van der Waals surface area contributed by atoms with Crippen LogP contribution in [-0.2, 0) is 0 Å². The molecule has 1 aromatic rings. The summed E-state index contributed by atoms with van der Waals surface area (Å²) in [6.45, 7) is 2.72. The molecule has 2 rings (SSSR count). The summed E-state index contributed by atoms with van der Waals surface area (Å²) in [5.41, 5.74) is 0.733. The van der Waals surface area contributed by atoms with Gasteiger partial charge in [0.15, 0.2) is 0 Å². The Labute approximate surface area is 127 Å². The van der Waals surface area contributed by atoms with Crippen molar-refractivity contribution < 1.29 is 9.53 Å². The molecule has 21 heavy (non-hydrogen) atoms. The number of urea groups is 1. The maximum atomic E-state index is 12.1. The molecule has 116 valence electrons. The van der Waals surface area contributed by atoms with Gasteiger partial charge in [-0.05, 0) is 31.4 Å². The van der Waals surface area contributed by atoms with Gasteiger partial charge in [0.1, 0.15) is 5.75 Å². The molecule has 4 nitrogen and oxygen atoms in total. The summed E-state index contributed by atoms with van der Waals surface area (Å²) < 4.78 is 5.65. The molecule has 0 aromatic heterocycles. The number of carbonyl (C=O) groups excluding carboxylic acids is 1. The highest BCUT2D eigenvalue weighted by molar-refractivity contribution is 5.91. The highest BCUT2D eigenvalue weighted by Crippen LogP contribution is 2.24. The molecule has 0 aliphatic heterocycles. The van der Waals surface area contributed by atoms with Gasteiger partial charge >= 0.3 is 6.03 Å². The Balaban J connectivity index is 1.89. The van der Waals surface area contributed by atoms with Crippen molar-refractivity contribution in [1.29, 1.82) is 0 Å². The van der Waals surface area contributed by atoms with Crippen LogP contribution in [0.2, 0.25) is 0 Å². The topological polar surface area (TPSA) is 50.4 Å². The van der Waals surface area contributed by atoms with Gasteiger partial charge in [-0.2, -0.15) is 0 Å². The highest BCUT2D eigenvalue weighted by atomic mass is 16.5. The van der Waals surface area contributed by atoms with Crippen LogP contribution in [0.25, 0.3) is 0 Å². The Kier molecular flexibility index (Phi) is 6.38. The van der Waals surface area contributed by atoms with E-state index in [9.17, 15) is 4.79 Å². The fourth-order valence-corrected chi connectivity index (χ4v) is 2.68. The molecule has 1 aliphatic carbocycles. The normalized spacial score (nSPS) is 16.0. The largest absolute Gasteiger partial charge is 0.491 e. The number of amides is 2. The zero-order valence-electron chi connectivity index (χ0n) is 12.9. The van der Waals surface area contributed by atoms with Crippen molar-refractivity contribution >= 4 is 11.7 Å². The van der Waals surface area contributed by atoms with Crippen molar-refractivity contribution in [2.75, 3.05) is 11.9 Å². The molecular formula is C17H26N2O2. The van der Waals surface area contributed by atoms with Gasteiger partial charge in [-0.1, -0.05) is 44.7 Å². The zero-order chi connectivity index (χ0) is 14.9. The number of hydrogen-bond acceptors (Lipinski definition) is 2. The third-order valence-corrected chi connectivity index (χ3v) is 3.79. The average molecular weight is 290 g/mol. The zero-order valence-corrected chi connectivity index (χ0v) is 12.9. The molecule has 0 saturated heterocycles. The molecular weight excluding hydrogens is 264 g/mol. The number of para-hydroxylation sites is 2. The highest BCUT2D eigenvalue weighted by Gasteiger charge is 2.15. The number of anilines is 1. The number of ether oxygens (including phenoxy) is 1. The van der Waals surface area contributed by atoms with E-state index < -0.39 is 0 Å². The second-order valence-corrected chi connectivity index (χ2v) is 5.63. The third-order valence-electron chi connectivity index (χ3n) is 3.79. The predicted octanol–water partition coefficient (Wildman–Crippen LogP) is 4.32. The van der Waals surface area contributed by atoms with E-state index in [-0.39, 0.29) is 6.03 Å². The van der Waals surface area contributed by atoms with Crippen LogP contribution >= 0.6 is 0 Å². The molecule has 1 saturated carbocycles. The summed E-state index contributed by atoms with van der Waals surface area (Å²) in [6, 6.07) is 7.75. The van der Waals surface area contributed by atoms with Gasteiger partial charge in [-0.15, -0.1) is 0 Å². The van der Waals surface area contributed by atoms with E-state index in [0.717, 1.165) is 30.7 Å². The molecule has 1 aliphatic rings. The van der Waals surface area contributed by atoms with Crippen LogP contribution in [0.4, 0.5) is 10.5 Å². The summed E-state index contributed by atoms with van der Waals surface area (Å²) in [5.74, 6) is 0.732. The van der Waals surface area contributed by atoms with Gasteiger partial charge < -0.3 is 15.4 Å². The predicted molar refractivity (Wildman–Crippen MR) is 85.9 cm³/mol. The smallest absolute Gasteiger partial charge is 0.319 e. The third kappa shape index (κ3) is 5.29. The molecule has 1 aromatic carbocycles. The molecule has 0 heterocycles. The van der Waals surface area contributed by atoms with E-state index in [2.05, 4.69) is 17.6 Å². The lowest BCUT2D eigenvalue weighted by Gasteiger charge is -2.18. The lowest BCUT2D eigenvalue weighted by molar-refractivity contribution is 0.246. The monoisotopic (exact) mass is 290 g/mol. The minimum atomic E-state index is -0.130. The SMILES string of the molecule is CCCOc1ccccc1NC(=O)NC1CCCCCC1. The van der Waals surface area contributed by atoms with Crippen LogP contribution in [-0.4, -0.2) is 18.7 Å². The Hall–Kier alpha value is -1.71. The lowest BCUT2D eigenvalue weighted by atomic mass is 10.1. The minimum absolute atomic E-state index is 0.130. The van der Waals surface area contributed by atoms with Crippen LogP contribution in [0, 0.1) is 0 Å². The first kappa shape index (κ1) is 15.7. The molecule has 2 amide bonds. The standard InChI is InChI=1S/C17H26N2O2/c1-2-13-21-16-12-8-7-11-15(16)19-17(20)18-14-9-5-3-4-6-10-14/h7-8,11-12,14H,2-6,9-10,13H2,1H3,(H2,18,19,20). The molecule has 0 atom stereocenters. The molecule has 0 spiro atoms. The Morgan fingerprint density at radius 3 is 2.62 bits per heavy atom. The first-order chi connectivity index (χ1) is 10.3. The quantitative estimate of drug-likeness (QED) is 0.793. The Morgan fingerprint density at radius 1 is 1.19 bits per heavy atom. The first-order valence-electron chi connectivity index (χ1n) is 8.09. The fraction of sp³-hybridized carbons (Fsp3) is 0.588. The van der Waals surface area contributed by atoms with E-state index in [1.807, 2.05) is 24.3 Å². The lowest BCUT2D eigenvalue weighted by Crippen LogP contribution is -2.37. The summed E-state index contributed by atoms with van der Waals surface area (Å²) in [6.07, 6.45) is 8.11. The van der Waals surface area contributed by atoms with Crippen LogP contribution in [0.3, 0.4) is 0 Å². The number of benzene rings is 1. The maximum absolute atomic E-state index is 12.1. The summed E-state index contributed by atoms with van der Waals surface area (Å²) >= 11 is 0. The van der Waals surface area contributed by atoms with Gasteiger partial charge in [0.25, 0.3) is 0 Å². The van der Waals surface area contributed by atoms with Gasteiger partial charge in [0.05, 0.1) is 12.3 Å². The average Bonchev–Trinajstić information content (AvgIpc) is 2.75.